The molecule has 8 heteroatoms. The van der Waals surface area contributed by atoms with Crippen molar-refractivity contribution in [3.63, 3.8) is 0 Å². The molecule has 4 aromatic rings. The van der Waals surface area contributed by atoms with Gasteiger partial charge in [-0.05, 0) is 55.5 Å². The van der Waals surface area contributed by atoms with Gasteiger partial charge in [0.25, 0.3) is 0 Å². The van der Waals surface area contributed by atoms with Crippen molar-refractivity contribution < 1.29 is 9.53 Å². The van der Waals surface area contributed by atoms with E-state index in [-0.39, 0.29) is 18.4 Å². The number of carbonyl (C=O) groups is 1. The summed E-state index contributed by atoms with van der Waals surface area (Å²) in [6.07, 6.45) is 3.16. The number of benzene rings is 2. The summed E-state index contributed by atoms with van der Waals surface area (Å²) in [5, 5.41) is 7.35. The molecule has 2 aromatic carbocycles. The molecule has 0 aliphatic carbocycles. The molecule has 0 aliphatic heterocycles. The second kappa shape index (κ2) is 10.9. The third-order valence-corrected chi connectivity index (χ3v) is 5.35. The minimum atomic E-state index is -0.0722. The fourth-order valence-electron chi connectivity index (χ4n) is 3.16. The SMILES string of the molecule is Cc1ccc(Oc2ccc(Nc3ncnc4ccc(C#CCNC(=O)C(C)C)cc34)cc2Cl)cn1. The van der Waals surface area contributed by atoms with Gasteiger partial charge in [-0.25, -0.2) is 9.97 Å². The van der Waals surface area contributed by atoms with E-state index in [1.54, 1.807) is 18.3 Å². The van der Waals surface area contributed by atoms with E-state index >= 15 is 0 Å². The summed E-state index contributed by atoms with van der Waals surface area (Å²) in [5.41, 5.74) is 3.23. The van der Waals surface area contributed by atoms with Gasteiger partial charge in [-0.1, -0.05) is 37.3 Å². The van der Waals surface area contributed by atoms with E-state index in [4.69, 9.17) is 16.3 Å². The molecule has 2 N–H and O–H groups in total. The van der Waals surface area contributed by atoms with Crippen LogP contribution in [0.3, 0.4) is 0 Å². The molecule has 7 nitrogen and oxygen atoms in total. The van der Waals surface area contributed by atoms with Gasteiger partial charge in [0.15, 0.2) is 0 Å². The Balaban J connectivity index is 1.51. The second-order valence-electron chi connectivity index (χ2n) is 8.14. The van der Waals surface area contributed by atoms with Crippen molar-refractivity contribution in [3.8, 4) is 23.3 Å². The van der Waals surface area contributed by atoms with Crippen molar-refractivity contribution >= 4 is 39.9 Å². The number of amides is 1. The lowest BCUT2D eigenvalue weighted by Crippen LogP contribution is -2.27. The van der Waals surface area contributed by atoms with E-state index < -0.39 is 0 Å². The van der Waals surface area contributed by atoms with Crippen LogP contribution in [0.25, 0.3) is 10.9 Å². The van der Waals surface area contributed by atoms with E-state index in [1.807, 2.05) is 57.2 Å². The average Bonchev–Trinajstić information content (AvgIpc) is 2.85. The molecule has 2 aromatic heterocycles. The number of rotatable bonds is 6. The van der Waals surface area contributed by atoms with Gasteiger partial charge in [-0.3, -0.25) is 9.78 Å². The number of pyridine rings is 1. The highest BCUT2D eigenvalue weighted by molar-refractivity contribution is 6.32. The number of nitrogens with zero attached hydrogens (tertiary/aromatic N) is 3. The van der Waals surface area contributed by atoms with Gasteiger partial charge >= 0.3 is 0 Å². The molecule has 0 saturated heterocycles. The fraction of sp³-hybridized carbons (Fsp3) is 0.185. The monoisotopic (exact) mass is 485 g/mol. The summed E-state index contributed by atoms with van der Waals surface area (Å²) >= 11 is 6.47. The molecule has 1 amide bonds. The van der Waals surface area contributed by atoms with Gasteiger partial charge in [0.05, 0.1) is 23.3 Å². The van der Waals surface area contributed by atoms with Crippen LogP contribution < -0.4 is 15.4 Å². The third-order valence-electron chi connectivity index (χ3n) is 5.05. The maximum absolute atomic E-state index is 11.7. The molecule has 0 radical (unpaired) electrons. The lowest BCUT2D eigenvalue weighted by molar-refractivity contribution is -0.123. The maximum atomic E-state index is 11.7. The van der Waals surface area contributed by atoms with Crippen molar-refractivity contribution in [2.45, 2.75) is 20.8 Å². The molecule has 0 saturated carbocycles. The first kappa shape index (κ1) is 24.0. The summed E-state index contributed by atoms with van der Waals surface area (Å²) in [6.45, 7) is 5.89. The first-order valence-electron chi connectivity index (χ1n) is 11.1. The van der Waals surface area contributed by atoms with Crippen molar-refractivity contribution in [1.29, 1.82) is 0 Å². The molecule has 35 heavy (non-hydrogen) atoms. The van der Waals surface area contributed by atoms with E-state index in [0.29, 0.717) is 22.3 Å². The molecule has 0 unspecified atom stereocenters. The van der Waals surface area contributed by atoms with Crippen LogP contribution in [-0.2, 0) is 4.79 Å². The third kappa shape index (κ3) is 6.25. The Morgan fingerprint density at radius 3 is 2.69 bits per heavy atom. The zero-order chi connectivity index (χ0) is 24.8. The standard InChI is InChI=1S/C27H24ClN5O2/c1-17(2)27(34)29-12-4-5-19-7-10-24-22(13-19)26(32-16-31-24)33-20-8-11-25(23(28)14-20)35-21-9-6-18(3)30-15-21/h6-11,13-17H,12H2,1-3H3,(H,29,34)(H,31,32,33). The first-order valence-corrected chi connectivity index (χ1v) is 11.5. The second-order valence-corrected chi connectivity index (χ2v) is 8.54. The molecule has 2 heterocycles. The number of hydrogen-bond donors (Lipinski definition) is 2. The van der Waals surface area contributed by atoms with Crippen LogP contribution >= 0.6 is 11.6 Å². The molecule has 0 fully saturated rings. The molecule has 0 atom stereocenters. The van der Waals surface area contributed by atoms with E-state index in [9.17, 15) is 4.79 Å². The van der Waals surface area contributed by atoms with Crippen LogP contribution in [0.15, 0.2) is 61.1 Å². The molecule has 4 rings (SSSR count). The number of fused-ring (bicyclic) bond motifs is 1. The molecular formula is C27H24ClN5O2. The van der Waals surface area contributed by atoms with Crippen LogP contribution in [0.5, 0.6) is 11.5 Å². The molecular weight excluding hydrogens is 462 g/mol. The van der Waals surface area contributed by atoms with E-state index in [0.717, 1.165) is 27.8 Å². The Kier molecular flexibility index (Phi) is 7.44. The van der Waals surface area contributed by atoms with Crippen molar-refractivity contribution in [1.82, 2.24) is 20.3 Å². The summed E-state index contributed by atoms with van der Waals surface area (Å²) in [5.74, 6) is 7.72. The minimum Gasteiger partial charge on any atom is -0.454 e. The van der Waals surface area contributed by atoms with Crippen molar-refractivity contribution in [3.05, 3.63) is 77.3 Å². The zero-order valence-corrected chi connectivity index (χ0v) is 20.3. The first-order chi connectivity index (χ1) is 16.9. The quantitative estimate of drug-likeness (QED) is 0.343. The number of anilines is 2. The predicted octanol–water partition coefficient (Wildman–Crippen LogP) is 5.65. The number of aryl methyl sites for hydroxylation is 1. The Morgan fingerprint density at radius 1 is 1.09 bits per heavy atom. The van der Waals surface area contributed by atoms with Gasteiger partial charge in [0, 0.05) is 28.2 Å². The smallest absolute Gasteiger partial charge is 0.223 e. The highest BCUT2D eigenvalue weighted by Gasteiger charge is 2.09. The van der Waals surface area contributed by atoms with Crippen molar-refractivity contribution in [2.24, 2.45) is 5.92 Å². The number of aromatic nitrogens is 3. The van der Waals surface area contributed by atoms with Crippen LogP contribution in [0.4, 0.5) is 11.5 Å². The molecule has 0 spiro atoms. The number of nitrogens with one attached hydrogen (secondary N) is 2. The van der Waals surface area contributed by atoms with Gasteiger partial charge < -0.3 is 15.4 Å². The summed E-state index contributed by atoms with van der Waals surface area (Å²) in [7, 11) is 0. The highest BCUT2D eigenvalue weighted by Crippen LogP contribution is 2.33. The Bertz CT molecular complexity index is 1430. The molecule has 176 valence electrons. The topological polar surface area (TPSA) is 89.0 Å². The maximum Gasteiger partial charge on any atom is 0.223 e. The lowest BCUT2D eigenvalue weighted by atomic mass is 10.1. The van der Waals surface area contributed by atoms with E-state index in [2.05, 4.69) is 37.4 Å². The summed E-state index contributed by atoms with van der Waals surface area (Å²) in [4.78, 5) is 24.6. The van der Waals surface area contributed by atoms with E-state index in [1.165, 1.54) is 6.33 Å². The van der Waals surface area contributed by atoms with Crippen LogP contribution in [0.1, 0.15) is 25.1 Å². The van der Waals surface area contributed by atoms with Gasteiger partial charge in [0.1, 0.15) is 23.6 Å². The minimum absolute atomic E-state index is 0.0247. The van der Waals surface area contributed by atoms with Gasteiger partial charge in [0.2, 0.25) is 5.91 Å². The lowest BCUT2D eigenvalue weighted by Gasteiger charge is -2.12. The number of carbonyl (C=O) groups excluding carboxylic acids is 1. The Morgan fingerprint density at radius 2 is 1.94 bits per heavy atom. The molecule has 0 aliphatic rings. The van der Waals surface area contributed by atoms with Crippen LogP contribution in [0, 0.1) is 24.7 Å². The van der Waals surface area contributed by atoms with Gasteiger partial charge in [-0.2, -0.15) is 0 Å². The zero-order valence-electron chi connectivity index (χ0n) is 19.6. The van der Waals surface area contributed by atoms with Gasteiger partial charge in [-0.15, -0.1) is 0 Å². The highest BCUT2D eigenvalue weighted by atomic mass is 35.5. The van der Waals surface area contributed by atoms with Crippen LogP contribution in [0.2, 0.25) is 5.02 Å². The molecule has 0 bridgehead atoms. The van der Waals surface area contributed by atoms with Crippen molar-refractivity contribution in [2.75, 3.05) is 11.9 Å². The number of halogens is 1. The average molecular weight is 486 g/mol. The number of ether oxygens (including phenoxy) is 1. The summed E-state index contributed by atoms with van der Waals surface area (Å²) < 4.78 is 5.84. The summed E-state index contributed by atoms with van der Waals surface area (Å²) in [6, 6.07) is 14.8. The largest absolute Gasteiger partial charge is 0.454 e. The normalized spacial score (nSPS) is 10.5. The Labute approximate surface area is 208 Å². The number of hydrogen-bond acceptors (Lipinski definition) is 6. The predicted molar refractivity (Wildman–Crippen MR) is 138 cm³/mol. The fourth-order valence-corrected chi connectivity index (χ4v) is 3.37. The van der Waals surface area contributed by atoms with Crippen LogP contribution in [-0.4, -0.2) is 27.4 Å². The Hall–Kier alpha value is -4.15.